The van der Waals surface area contributed by atoms with Crippen LogP contribution in [-0.4, -0.2) is 21.9 Å². The van der Waals surface area contributed by atoms with Gasteiger partial charge in [-0.25, -0.2) is 9.97 Å². The topological polar surface area (TPSA) is 98.2 Å². The summed E-state index contributed by atoms with van der Waals surface area (Å²) in [6, 6.07) is 2.77. The molecule has 8 heteroatoms. The van der Waals surface area contributed by atoms with E-state index in [1.165, 1.54) is 23.5 Å². The SMILES string of the molecule is CN(Cc1cscn1)c1nc(N)ccc1[N+](=O)[O-]. The van der Waals surface area contributed by atoms with Gasteiger partial charge in [0.15, 0.2) is 0 Å². The molecule has 18 heavy (non-hydrogen) atoms. The molecular weight excluding hydrogens is 254 g/mol. The molecule has 0 aliphatic heterocycles. The van der Waals surface area contributed by atoms with E-state index < -0.39 is 4.92 Å². The van der Waals surface area contributed by atoms with Crippen molar-refractivity contribution in [1.82, 2.24) is 9.97 Å². The molecule has 0 radical (unpaired) electrons. The van der Waals surface area contributed by atoms with Crippen LogP contribution in [-0.2, 0) is 6.54 Å². The summed E-state index contributed by atoms with van der Waals surface area (Å²) in [6.45, 7) is 0.445. The van der Waals surface area contributed by atoms with E-state index in [1.807, 2.05) is 5.38 Å². The highest BCUT2D eigenvalue weighted by atomic mass is 32.1. The molecule has 0 fully saturated rings. The molecule has 0 bridgehead atoms. The maximum Gasteiger partial charge on any atom is 0.311 e. The number of rotatable bonds is 4. The van der Waals surface area contributed by atoms with Gasteiger partial charge in [-0.3, -0.25) is 10.1 Å². The van der Waals surface area contributed by atoms with Gasteiger partial charge in [-0.2, -0.15) is 0 Å². The quantitative estimate of drug-likeness (QED) is 0.667. The fourth-order valence-electron chi connectivity index (χ4n) is 1.51. The molecule has 0 aromatic carbocycles. The molecule has 7 nitrogen and oxygen atoms in total. The minimum atomic E-state index is -0.473. The lowest BCUT2D eigenvalue weighted by Crippen LogP contribution is -2.19. The number of nitro groups is 1. The molecule has 0 atom stereocenters. The molecule has 0 spiro atoms. The minimum Gasteiger partial charge on any atom is -0.384 e. The summed E-state index contributed by atoms with van der Waals surface area (Å²) < 4.78 is 0. The normalized spacial score (nSPS) is 10.3. The number of hydrogen-bond acceptors (Lipinski definition) is 7. The van der Waals surface area contributed by atoms with Crippen molar-refractivity contribution in [3.8, 4) is 0 Å². The number of aromatic nitrogens is 2. The number of anilines is 2. The van der Waals surface area contributed by atoms with Gasteiger partial charge in [0.2, 0.25) is 5.82 Å². The fourth-order valence-corrected chi connectivity index (χ4v) is 2.06. The van der Waals surface area contributed by atoms with E-state index >= 15 is 0 Å². The molecule has 2 aromatic heterocycles. The van der Waals surface area contributed by atoms with Crippen LogP contribution >= 0.6 is 11.3 Å². The van der Waals surface area contributed by atoms with Crippen molar-refractivity contribution in [1.29, 1.82) is 0 Å². The molecule has 2 rings (SSSR count). The summed E-state index contributed by atoms with van der Waals surface area (Å²) in [7, 11) is 1.72. The zero-order valence-corrected chi connectivity index (χ0v) is 10.4. The largest absolute Gasteiger partial charge is 0.384 e. The third-order valence-electron chi connectivity index (χ3n) is 2.32. The summed E-state index contributed by atoms with van der Waals surface area (Å²) in [5, 5.41) is 12.8. The van der Waals surface area contributed by atoms with E-state index in [9.17, 15) is 10.1 Å². The van der Waals surface area contributed by atoms with Crippen molar-refractivity contribution in [3.63, 3.8) is 0 Å². The highest BCUT2D eigenvalue weighted by Crippen LogP contribution is 2.26. The Kier molecular flexibility index (Phi) is 3.38. The van der Waals surface area contributed by atoms with Gasteiger partial charge < -0.3 is 10.6 Å². The molecule has 0 saturated carbocycles. The molecule has 0 aliphatic rings. The van der Waals surface area contributed by atoms with Gasteiger partial charge >= 0.3 is 5.69 Å². The molecule has 2 N–H and O–H groups in total. The first-order valence-electron chi connectivity index (χ1n) is 5.07. The van der Waals surface area contributed by atoms with E-state index in [-0.39, 0.29) is 17.3 Å². The number of pyridine rings is 1. The molecule has 0 unspecified atom stereocenters. The van der Waals surface area contributed by atoms with Gasteiger partial charge in [0.1, 0.15) is 5.82 Å². The van der Waals surface area contributed by atoms with Crippen molar-refractivity contribution >= 4 is 28.7 Å². The van der Waals surface area contributed by atoms with Crippen molar-refractivity contribution in [2.75, 3.05) is 17.7 Å². The Morgan fingerprint density at radius 2 is 2.33 bits per heavy atom. The van der Waals surface area contributed by atoms with Crippen LogP contribution in [0.3, 0.4) is 0 Å². The van der Waals surface area contributed by atoms with Gasteiger partial charge in [0, 0.05) is 18.5 Å². The highest BCUT2D eigenvalue weighted by Gasteiger charge is 2.19. The van der Waals surface area contributed by atoms with Crippen molar-refractivity contribution in [3.05, 3.63) is 38.8 Å². The number of hydrogen-bond donors (Lipinski definition) is 1. The van der Waals surface area contributed by atoms with Gasteiger partial charge in [0.25, 0.3) is 0 Å². The van der Waals surface area contributed by atoms with E-state index in [1.54, 1.807) is 17.5 Å². The Balaban J connectivity index is 2.31. The molecule has 94 valence electrons. The van der Waals surface area contributed by atoms with Crippen LogP contribution < -0.4 is 10.6 Å². The molecule has 0 saturated heterocycles. The van der Waals surface area contributed by atoms with Crippen LogP contribution in [0.1, 0.15) is 5.69 Å². The molecule has 0 amide bonds. The average Bonchev–Trinajstić information content (AvgIpc) is 2.81. The Labute approximate surface area is 107 Å². The first kappa shape index (κ1) is 12.2. The second-order valence-electron chi connectivity index (χ2n) is 3.67. The first-order chi connectivity index (χ1) is 8.58. The zero-order chi connectivity index (χ0) is 13.1. The average molecular weight is 265 g/mol. The summed E-state index contributed by atoms with van der Waals surface area (Å²) >= 11 is 1.47. The summed E-state index contributed by atoms with van der Waals surface area (Å²) in [5.41, 5.74) is 8.04. The summed E-state index contributed by atoms with van der Waals surface area (Å²) in [5.74, 6) is 0.494. The highest BCUT2D eigenvalue weighted by molar-refractivity contribution is 7.07. The van der Waals surface area contributed by atoms with Gasteiger partial charge in [-0.05, 0) is 6.07 Å². The van der Waals surface area contributed by atoms with Gasteiger partial charge in [-0.15, -0.1) is 11.3 Å². The Morgan fingerprint density at radius 1 is 1.56 bits per heavy atom. The number of thiazole rings is 1. The van der Waals surface area contributed by atoms with Crippen LogP contribution in [0.5, 0.6) is 0 Å². The van der Waals surface area contributed by atoms with Gasteiger partial charge in [0.05, 0.1) is 22.7 Å². The second-order valence-corrected chi connectivity index (χ2v) is 4.39. The van der Waals surface area contributed by atoms with Crippen LogP contribution in [0.15, 0.2) is 23.0 Å². The predicted molar refractivity (Wildman–Crippen MR) is 69.5 cm³/mol. The maximum absolute atomic E-state index is 10.9. The first-order valence-corrected chi connectivity index (χ1v) is 6.01. The molecule has 2 aromatic rings. The van der Waals surface area contributed by atoms with Crippen molar-refractivity contribution in [2.24, 2.45) is 0 Å². The van der Waals surface area contributed by atoms with E-state index in [2.05, 4.69) is 9.97 Å². The van der Waals surface area contributed by atoms with E-state index in [0.717, 1.165) is 5.69 Å². The number of nitrogens with zero attached hydrogens (tertiary/aromatic N) is 4. The van der Waals surface area contributed by atoms with Crippen molar-refractivity contribution in [2.45, 2.75) is 6.54 Å². The lowest BCUT2D eigenvalue weighted by molar-refractivity contribution is -0.384. The monoisotopic (exact) mass is 265 g/mol. The smallest absolute Gasteiger partial charge is 0.311 e. The summed E-state index contributed by atoms with van der Waals surface area (Å²) in [4.78, 5) is 20.2. The Bertz CT molecular complexity index is 557. The van der Waals surface area contributed by atoms with Gasteiger partial charge in [-0.1, -0.05) is 0 Å². The fraction of sp³-hybridized carbons (Fsp3) is 0.200. The number of nitrogen functional groups attached to an aromatic ring is 1. The van der Waals surface area contributed by atoms with Crippen LogP contribution in [0.4, 0.5) is 17.3 Å². The van der Waals surface area contributed by atoms with Crippen molar-refractivity contribution < 1.29 is 4.92 Å². The van der Waals surface area contributed by atoms with E-state index in [0.29, 0.717) is 6.54 Å². The Morgan fingerprint density at radius 3 is 2.94 bits per heavy atom. The van der Waals surface area contributed by atoms with E-state index in [4.69, 9.17) is 5.73 Å². The lowest BCUT2D eigenvalue weighted by Gasteiger charge is -2.16. The Hall–Kier alpha value is -2.22. The summed E-state index contributed by atoms with van der Waals surface area (Å²) in [6.07, 6.45) is 0. The second kappa shape index (κ2) is 4.96. The van der Waals surface area contributed by atoms with Crippen LogP contribution in [0.2, 0.25) is 0 Å². The third kappa shape index (κ3) is 2.54. The molecule has 2 heterocycles. The maximum atomic E-state index is 10.9. The lowest BCUT2D eigenvalue weighted by atomic mass is 10.3. The standard InChI is InChI=1S/C10H11N5O2S/c1-14(4-7-5-18-6-12-7)10-8(15(16)17)2-3-9(11)13-10/h2-3,5-6H,4H2,1H3,(H2,11,13). The van der Waals surface area contributed by atoms with Crippen LogP contribution in [0, 0.1) is 10.1 Å². The molecular formula is C10H11N5O2S. The minimum absolute atomic E-state index is 0.0677. The molecule has 0 aliphatic carbocycles. The zero-order valence-electron chi connectivity index (χ0n) is 9.61. The third-order valence-corrected chi connectivity index (χ3v) is 2.95. The van der Waals surface area contributed by atoms with Crippen LogP contribution in [0.25, 0.3) is 0 Å². The predicted octanol–water partition coefficient (Wildman–Crippen LogP) is 1.66. The number of nitrogens with two attached hydrogens (primary N) is 1.